The normalized spacial score (nSPS) is 11.1. The van der Waals surface area contributed by atoms with E-state index in [0.29, 0.717) is 17.8 Å². The van der Waals surface area contributed by atoms with Gasteiger partial charge in [-0.2, -0.15) is 0 Å². The molecule has 0 saturated carbocycles. The predicted octanol–water partition coefficient (Wildman–Crippen LogP) is 3.15. The fraction of sp³-hybridized carbons (Fsp3) is 0.400. The number of nitrogens with one attached hydrogen (secondary N) is 1. The van der Waals surface area contributed by atoms with Crippen LogP contribution >= 0.6 is 11.6 Å². The van der Waals surface area contributed by atoms with E-state index in [2.05, 4.69) is 30.2 Å². The summed E-state index contributed by atoms with van der Waals surface area (Å²) in [6.45, 7) is 5.50. The number of aromatic nitrogens is 2. The lowest BCUT2D eigenvalue weighted by molar-refractivity contribution is 0.291. The molecule has 1 N–H and O–H groups in total. The van der Waals surface area contributed by atoms with Crippen LogP contribution < -0.4 is 10.1 Å². The highest BCUT2D eigenvalue weighted by molar-refractivity contribution is 6.29. The molecular formula is C15H20ClN3O. The van der Waals surface area contributed by atoms with Crippen molar-refractivity contribution in [2.75, 3.05) is 0 Å². The number of nitrogens with zero attached hydrogens (tertiary/aromatic N) is 2. The molecule has 0 radical (unpaired) electrons. The van der Waals surface area contributed by atoms with Crippen molar-refractivity contribution in [1.29, 1.82) is 0 Å². The third-order valence-electron chi connectivity index (χ3n) is 3.01. The Morgan fingerprint density at radius 2 is 2.20 bits per heavy atom. The minimum absolute atomic E-state index is 0.407. The molecule has 0 amide bonds. The largest absolute Gasteiger partial charge is 0.486 e. The highest BCUT2D eigenvalue weighted by Crippen LogP contribution is 2.16. The van der Waals surface area contributed by atoms with Gasteiger partial charge >= 0.3 is 0 Å². The number of benzene rings is 1. The fourth-order valence-electron chi connectivity index (χ4n) is 1.77. The molecule has 0 aliphatic rings. The van der Waals surface area contributed by atoms with Gasteiger partial charge in [0.1, 0.15) is 23.3 Å². The summed E-state index contributed by atoms with van der Waals surface area (Å²) in [7, 11) is 1.87. The van der Waals surface area contributed by atoms with Gasteiger partial charge in [-0.05, 0) is 17.7 Å². The molecule has 0 bridgehead atoms. The molecule has 0 fully saturated rings. The zero-order chi connectivity index (χ0) is 14.5. The zero-order valence-electron chi connectivity index (χ0n) is 12.1. The van der Waals surface area contributed by atoms with Gasteiger partial charge in [0.2, 0.25) is 0 Å². The molecule has 4 nitrogen and oxygen atoms in total. The molecule has 1 aromatic heterocycles. The quantitative estimate of drug-likeness (QED) is 0.889. The summed E-state index contributed by atoms with van der Waals surface area (Å²) in [5, 5.41) is 4.00. The number of ether oxygens (including phenoxy) is 1. The number of hydrogen-bond donors (Lipinski definition) is 1. The van der Waals surface area contributed by atoms with Crippen molar-refractivity contribution < 1.29 is 4.74 Å². The highest BCUT2D eigenvalue weighted by atomic mass is 35.5. The monoisotopic (exact) mass is 293 g/mol. The van der Waals surface area contributed by atoms with E-state index in [0.717, 1.165) is 18.1 Å². The Balaban J connectivity index is 1.96. The van der Waals surface area contributed by atoms with E-state index >= 15 is 0 Å². The van der Waals surface area contributed by atoms with E-state index < -0.39 is 0 Å². The zero-order valence-corrected chi connectivity index (χ0v) is 12.8. The lowest BCUT2D eigenvalue weighted by atomic mass is 10.2. The minimum Gasteiger partial charge on any atom is -0.486 e. The molecule has 0 aliphatic heterocycles. The van der Waals surface area contributed by atoms with Crippen LogP contribution in [-0.2, 0) is 20.2 Å². The second kappa shape index (κ2) is 6.77. The highest BCUT2D eigenvalue weighted by Gasteiger charge is 2.05. The van der Waals surface area contributed by atoms with Crippen LogP contribution in [0.2, 0.25) is 5.15 Å². The first kappa shape index (κ1) is 14.9. The number of halogens is 1. The maximum atomic E-state index is 5.94. The summed E-state index contributed by atoms with van der Waals surface area (Å²) >= 11 is 5.94. The average molecular weight is 294 g/mol. The van der Waals surface area contributed by atoms with Crippen molar-refractivity contribution in [3.63, 3.8) is 0 Å². The molecule has 20 heavy (non-hydrogen) atoms. The van der Waals surface area contributed by atoms with Gasteiger partial charge in [0, 0.05) is 19.6 Å². The van der Waals surface area contributed by atoms with E-state index in [1.54, 1.807) is 6.20 Å². The maximum absolute atomic E-state index is 5.94. The summed E-state index contributed by atoms with van der Waals surface area (Å²) in [6, 6.07) is 8.54. The van der Waals surface area contributed by atoms with E-state index in [4.69, 9.17) is 16.3 Å². The molecule has 2 aromatic rings. The van der Waals surface area contributed by atoms with Crippen LogP contribution in [0.5, 0.6) is 5.75 Å². The second-order valence-corrected chi connectivity index (χ2v) is 5.42. The third kappa shape index (κ3) is 3.99. The van der Waals surface area contributed by atoms with E-state index in [1.807, 2.05) is 29.8 Å². The first-order valence-electron chi connectivity index (χ1n) is 6.67. The SMILES string of the molecule is CC(C)NCc1cccc(OCc2ncc(Cl)n2C)c1. The van der Waals surface area contributed by atoms with Crippen molar-refractivity contribution in [2.24, 2.45) is 7.05 Å². The molecule has 0 atom stereocenters. The Labute approximate surface area is 124 Å². The Hall–Kier alpha value is -1.52. The van der Waals surface area contributed by atoms with Gasteiger partial charge in [0.05, 0.1) is 6.20 Å². The van der Waals surface area contributed by atoms with Crippen molar-refractivity contribution >= 4 is 11.6 Å². The lowest BCUT2D eigenvalue weighted by Crippen LogP contribution is -2.21. The average Bonchev–Trinajstić information content (AvgIpc) is 2.75. The molecule has 108 valence electrons. The molecule has 0 unspecified atom stereocenters. The first-order chi connectivity index (χ1) is 9.56. The summed E-state index contributed by atoms with van der Waals surface area (Å²) in [6.07, 6.45) is 1.63. The number of rotatable bonds is 6. The summed E-state index contributed by atoms with van der Waals surface area (Å²) in [5.74, 6) is 1.65. The Kier molecular flexibility index (Phi) is 5.04. The van der Waals surface area contributed by atoms with Crippen molar-refractivity contribution in [3.05, 3.63) is 47.0 Å². The molecule has 0 saturated heterocycles. The van der Waals surface area contributed by atoms with Gasteiger partial charge in [0.15, 0.2) is 0 Å². The Bertz CT molecular complexity index is 566. The molecule has 0 aliphatic carbocycles. The van der Waals surface area contributed by atoms with E-state index in [1.165, 1.54) is 5.56 Å². The van der Waals surface area contributed by atoms with E-state index in [9.17, 15) is 0 Å². The van der Waals surface area contributed by atoms with Gasteiger partial charge in [0.25, 0.3) is 0 Å². The van der Waals surface area contributed by atoms with Crippen LogP contribution in [0.25, 0.3) is 0 Å². The van der Waals surface area contributed by atoms with Crippen LogP contribution in [0.1, 0.15) is 25.2 Å². The minimum atomic E-state index is 0.407. The molecular weight excluding hydrogens is 274 g/mol. The van der Waals surface area contributed by atoms with Crippen molar-refractivity contribution in [2.45, 2.75) is 33.0 Å². The summed E-state index contributed by atoms with van der Waals surface area (Å²) in [5.41, 5.74) is 1.20. The van der Waals surface area contributed by atoms with Crippen LogP contribution in [0, 0.1) is 0 Å². The van der Waals surface area contributed by atoms with Gasteiger partial charge in [-0.3, -0.25) is 0 Å². The summed E-state index contributed by atoms with van der Waals surface area (Å²) < 4.78 is 7.58. The van der Waals surface area contributed by atoms with E-state index in [-0.39, 0.29) is 0 Å². The Morgan fingerprint density at radius 3 is 2.85 bits per heavy atom. The number of imidazole rings is 1. The van der Waals surface area contributed by atoms with Gasteiger partial charge < -0.3 is 14.6 Å². The van der Waals surface area contributed by atoms with Gasteiger partial charge in [-0.25, -0.2) is 4.98 Å². The maximum Gasteiger partial charge on any atom is 0.147 e. The van der Waals surface area contributed by atoms with Crippen LogP contribution in [-0.4, -0.2) is 15.6 Å². The topological polar surface area (TPSA) is 39.1 Å². The second-order valence-electron chi connectivity index (χ2n) is 5.03. The third-order valence-corrected chi connectivity index (χ3v) is 3.36. The Morgan fingerprint density at radius 1 is 1.40 bits per heavy atom. The molecule has 0 spiro atoms. The van der Waals surface area contributed by atoms with Crippen molar-refractivity contribution in [1.82, 2.24) is 14.9 Å². The van der Waals surface area contributed by atoms with Crippen molar-refractivity contribution in [3.8, 4) is 5.75 Å². The fourth-order valence-corrected chi connectivity index (χ4v) is 1.92. The standard InChI is InChI=1S/C15H20ClN3O/c1-11(2)17-8-12-5-4-6-13(7-12)20-10-15-18-9-14(16)19(15)3/h4-7,9,11,17H,8,10H2,1-3H3. The van der Waals surface area contributed by atoms with Crippen LogP contribution in [0.3, 0.4) is 0 Å². The number of hydrogen-bond acceptors (Lipinski definition) is 3. The molecule has 1 aromatic carbocycles. The van der Waals surface area contributed by atoms with Crippen LogP contribution in [0.15, 0.2) is 30.5 Å². The smallest absolute Gasteiger partial charge is 0.147 e. The summed E-state index contributed by atoms with van der Waals surface area (Å²) in [4.78, 5) is 4.21. The van der Waals surface area contributed by atoms with Gasteiger partial charge in [-0.1, -0.05) is 37.6 Å². The molecule has 2 rings (SSSR count). The molecule has 1 heterocycles. The van der Waals surface area contributed by atoms with Gasteiger partial charge in [-0.15, -0.1) is 0 Å². The first-order valence-corrected chi connectivity index (χ1v) is 7.05. The predicted molar refractivity (Wildman–Crippen MR) is 81.0 cm³/mol. The molecule has 5 heteroatoms. The lowest BCUT2D eigenvalue weighted by Gasteiger charge is -2.10. The van der Waals surface area contributed by atoms with Crippen LogP contribution in [0.4, 0.5) is 0 Å².